The van der Waals surface area contributed by atoms with Gasteiger partial charge in [0.05, 0.1) is 17.7 Å². The quantitative estimate of drug-likeness (QED) is 0.737. The molecule has 0 bridgehead atoms. The van der Waals surface area contributed by atoms with Gasteiger partial charge in [0.15, 0.2) is 0 Å². The van der Waals surface area contributed by atoms with Gasteiger partial charge in [-0.15, -0.1) is 0 Å². The molecule has 0 unspecified atom stereocenters. The smallest absolute Gasteiger partial charge is 0.132 e. The van der Waals surface area contributed by atoms with Crippen molar-refractivity contribution in [3.8, 4) is 22.5 Å². The molecule has 4 heteroatoms. The van der Waals surface area contributed by atoms with Crippen LogP contribution in [0.5, 0.6) is 0 Å². The van der Waals surface area contributed by atoms with Gasteiger partial charge >= 0.3 is 0 Å². The number of imidazole rings is 1. The van der Waals surface area contributed by atoms with E-state index in [1.165, 1.54) is 18.5 Å². The summed E-state index contributed by atoms with van der Waals surface area (Å²) in [7, 11) is 0. The lowest BCUT2D eigenvalue weighted by Gasteiger charge is -2.05. The molecule has 0 saturated carbocycles. The maximum atomic E-state index is 13.8. The molecule has 0 saturated heterocycles. The number of rotatable bonds is 2. The van der Waals surface area contributed by atoms with Crippen LogP contribution < -0.4 is 0 Å². The molecule has 1 heterocycles. The van der Waals surface area contributed by atoms with E-state index in [1.54, 1.807) is 36.4 Å². The Morgan fingerprint density at radius 1 is 0.789 bits per heavy atom. The summed E-state index contributed by atoms with van der Waals surface area (Å²) in [5, 5.41) is 0. The van der Waals surface area contributed by atoms with Crippen molar-refractivity contribution < 1.29 is 8.78 Å². The van der Waals surface area contributed by atoms with E-state index in [0.717, 1.165) is 0 Å². The van der Waals surface area contributed by atoms with Crippen LogP contribution in [0.15, 0.2) is 54.9 Å². The lowest BCUT2D eigenvalue weighted by atomic mass is 10.0. The highest BCUT2D eigenvalue weighted by molar-refractivity contribution is 5.78. The number of nitrogens with zero attached hydrogens (tertiary/aromatic N) is 1. The lowest BCUT2D eigenvalue weighted by molar-refractivity contribution is 0.628. The molecule has 1 N–H and O–H groups in total. The second-order valence-electron chi connectivity index (χ2n) is 4.09. The highest BCUT2D eigenvalue weighted by Gasteiger charge is 2.15. The fraction of sp³-hybridized carbons (Fsp3) is 0. The first kappa shape index (κ1) is 11.6. The summed E-state index contributed by atoms with van der Waals surface area (Å²) in [6.45, 7) is 0. The Bertz CT molecular complexity index is 659. The molecule has 2 aromatic carbocycles. The van der Waals surface area contributed by atoms with E-state index >= 15 is 0 Å². The van der Waals surface area contributed by atoms with Crippen molar-refractivity contribution >= 4 is 0 Å². The minimum Gasteiger partial charge on any atom is -0.344 e. The molecule has 0 aliphatic carbocycles. The van der Waals surface area contributed by atoms with E-state index in [9.17, 15) is 8.78 Å². The van der Waals surface area contributed by atoms with Gasteiger partial charge in [0.2, 0.25) is 0 Å². The summed E-state index contributed by atoms with van der Waals surface area (Å²) in [5.74, 6) is -0.753. The second-order valence-corrected chi connectivity index (χ2v) is 4.09. The summed E-state index contributed by atoms with van der Waals surface area (Å²) >= 11 is 0. The number of H-pyrrole nitrogens is 1. The highest BCUT2D eigenvalue weighted by atomic mass is 19.1. The Balaban J connectivity index is 2.20. The molecule has 3 rings (SSSR count). The zero-order chi connectivity index (χ0) is 13.2. The monoisotopic (exact) mass is 256 g/mol. The first-order valence-corrected chi connectivity index (χ1v) is 5.80. The van der Waals surface area contributed by atoms with Crippen LogP contribution in [0.4, 0.5) is 8.78 Å². The maximum absolute atomic E-state index is 13.8. The number of hydrogen-bond acceptors (Lipinski definition) is 1. The average molecular weight is 256 g/mol. The molecule has 2 nitrogen and oxygen atoms in total. The Morgan fingerprint density at radius 3 is 2.00 bits per heavy atom. The topological polar surface area (TPSA) is 28.7 Å². The van der Waals surface area contributed by atoms with Crippen molar-refractivity contribution in [3.63, 3.8) is 0 Å². The molecule has 0 aliphatic heterocycles. The normalized spacial score (nSPS) is 10.6. The van der Waals surface area contributed by atoms with Crippen LogP contribution in [0.1, 0.15) is 0 Å². The summed E-state index contributed by atoms with van der Waals surface area (Å²) in [5.41, 5.74) is 1.60. The largest absolute Gasteiger partial charge is 0.344 e. The first-order valence-electron chi connectivity index (χ1n) is 5.80. The van der Waals surface area contributed by atoms with E-state index in [2.05, 4.69) is 9.97 Å². The molecule has 0 radical (unpaired) electrons. The summed E-state index contributed by atoms with van der Waals surface area (Å²) < 4.78 is 27.6. The van der Waals surface area contributed by atoms with Crippen LogP contribution in [0.3, 0.4) is 0 Å². The molecule has 0 aliphatic rings. The van der Waals surface area contributed by atoms with Gasteiger partial charge in [0.25, 0.3) is 0 Å². The molecule has 3 aromatic rings. The van der Waals surface area contributed by atoms with Crippen LogP contribution >= 0.6 is 0 Å². The SMILES string of the molecule is Fc1ccccc1-c1nc[nH]c1-c1ccccc1F. The molecule has 19 heavy (non-hydrogen) atoms. The minimum absolute atomic E-state index is 0.349. The van der Waals surface area contributed by atoms with Crippen molar-refractivity contribution in [2.75, 3.05) is 0 Å². The first-order chi connectivity index (χ1) is 9.27. The standard InChI is InChI=1S/C15H10F2N2/c16-12-7-3-1-5-10(12)14-15(19-9-18-14)11-6-2-4-8-13(11)17/h1-9H,(H,18,19). The third-order valence-corrected chi connectivity index (χ3v) is 2.91. The van der Waals surface area contributed by atoms with Crippen LogP contribution in [0.2, 0.25) is 0 Å². The maximum Gasteiger partial charge on any atom is 0.132 e. The average Bonchev–Trinajstić information content (AvgIpc) is 2.89. The van der Waals surface area contributed by atoms with Crippen LogP contribution in [0, 0.1) is 11.6 Å². The molecule has 0 atom stereocenters. The Kier molecular flexibility index (Phi) is 2.83. The third-order valence-electron chi connectivity index (χ3n) is 2.91. The number of hydrogen-bond donors (Lipinski definition) is 1. The van der Waals surface area contributed by atoms with Gasteiger partial charge in [-0.2, -0.15) is 0 Å². The van der Waals surface area contributed by atoms with E-state index in [1.807, 2.05) is 0 Å². The van der Waals surface area contributed by atoms with Crippen LogP contribution in [0.25, 0.3) is 22.5 Å². The van der Waals surface area contributed by atoms with Crippen molar-refractivity contribution in [1.29, 1.82) is 0 Å². The Labute approximate surface area is 108 Å². The zero-order valence-electron chi connectivity index (χ0n) is 9.90. The van der Waals surface area contributed by atoms with E-state index in [4.69, 9.17) is 0 Å². The summed E-state index contributed by atoms with van der Waals surface area (Å²) in [6, 6.07) is 12.6. The van der Waals surface area contributed by atoms with Gasteiger partial charge in [-0.25, -0.2) is 13.8 Å². The zero-order valence-corrected chi connectivity index (χ0v) is 9.90. The highest BCUT2D eigenvalue weighted by Crippen LogP contribution is 2.31. The molecular formula is C15H10F2N2. The number of nitrogens with one attached hydrogen (secondary N) is 1. The van der Waals surface area contributed by atoms with Crippen molar-refractivity contribution in [2.24, 2.45) is 0 Å². The number of aromatic nitrogens is 2. The molecular weight excluding hydrogens is 246 g/mol. The number of halogens is 2. The molecule has 0 fully saturated rings. The van der Waals surface area contributed by atoms with Gasteiger partial charge in [0.1, 0.15) is 11.6 Å². The summed E-state index contributed by atoms with van der Waals surface area (Å²) in [4.78, 5) is 6.97. The lowest BCUT2D eigenvalue weighted by Crippen LogP contribution is -1.89. The second kappa shape index (κ2) is 4.65. The van der Waals surface area contributed by atoms with Gasteiger partial charge in [-0.1, -0.05) is 24.3 Å². The predicted octanol–water partition coefficient (Wildman–Crippen LogP) is 4.02. The van der Waals surface area contributed by atoms with E-state index < -0.39 is 0 Å². The molecule has 0 spiro atoms. The molecule has 1 aromatic heterocycles. The van der Waals surface area contributed by atoms with Gasteiger partial charge in [-0.05, 0) is 24.3 Å². The molecule has 94 valence electrons. The van der Waals surface area contributed by atoms with Gasteiger partial charge in [-0.3, -0.25) is 0 Å². The van der Waals surface area contributed by atoms with Crippen molar-refractivity contribution in [1.82, 2.24) is 9.97 Å². The van der Waals surface area contributed by atoms with Gasteiger partial charge in [0, 0.05) is 11.1 Å². The van der Waals surface area contributed by atoms with Crippen LogP contribution in [-0.4, -0.2) is 9.97 Å². The van der Waals surface area contributed by atoms with Gasteiger partial charge < -0.3 is 4.98 Å². The number of aromatic amines is 1. The summed E-state index contributed by atoms with van der Waals surface area (Å²) in [6.07, 6.45) is 1.43. The Morgan fingerprint density at radius 2 is 1.37 bits per heavy atom. The van der Waals surface area contributed by atoms with Crippen molar-refractivity contribution in [3.05, 3.63) is 66.5 Å². The minimum atomic E-state index is -0.382. The fourth-order valence-electron chi connectivity index (χ4n) is 2.02. The third kappa shape index (κ3) is 2.01. The number of benzene rings is 2. The predicted molar refractivity (Wildman–Crippen MR) is 69.4 cm³/mol. The molecule has 0 amide bonds. The van der Waals surface area contributed by atoms with Crippen LogP contribution in [-0.2, 0) is 0 Å². The fourth-order valence-corrected chi connectivity index (χ4v) is 2.02. The van der Waals surface area contributed by atoms with E-state index in [0.29, 0.717) is 22.5 Å². The van der Waals surface area contributed by atoms with E-state index in [-0.39, 0.29) is 11.6 Å². The van der Waals surface area contributed by atoms with Crippen molar-refractivity contribution in [2.45, 2.75) is 0 Å². The Hall–Kier alpha value is -2.49.